The molecule has 0 saturated carbocycles. The van der Waals surface area contributed by atoms with E-state index in [4.69, 9.17) is 11.6 Å². The average Bonchev–Trinajstić information content (AvgIpc) is 2.45. The van der Waals surface area contributed by atoms with E-state index in [1.54, 1.807) is 0 Å². The normalized spacial score (nSPS) is 21.6. The van der Waals surface area contributed by atoms with Crippen LogP contribution in [0.15, 0.2) is 24.3 Å². The summed E-state index contributed by atoms with van der Waals surface area (Å²) in [4.78, 5) is 2.62. The number of halogens is 1. The van der Waals surface area contributed by atoms with Crippen LogP contribution in [0.25, 0.3) is 0 Å². The summed E-state index contributed by atoms with van der Waals surface area (Å²) in [6.07, 6.45) is 3.76. The molecule has 2 atom stereocenters. The van der Waals surface area contributed by atoms with Crippen LogP contribution in [0.4, 0.5) is 0 Å². The van der Waals surface area contributed by atoms with E-state index < -0.39 is 0 Å². The van der Waals surface area contributed by atoms with Gasteiger partial charge >= 0.3 is 0 Å². The monoisotopic (exact) mass is 280 g/mol. The second kappa shape index (κ2) is 7.28. The highest BCUT2D eigenvalue weighted by Gasteiger charge is 2.26. The first-order valence-electron chi connectivity index (χ1n) is 7.45. The molecule has 0 amide bonds. The topological polar surface area (TPSA) is 15.3 Å². The van der Waals surface area contributed by atoms with Crippen LogP contribution < -0.4 is 5.32 Å². The lowest BCUT2D eigenvalue weighted by atomic mass is 10.00. The molecule has 1 fully saturated rings. The molecule has 1 aliphatic rings. The Morgan fingerprint density at radius 2 is 2.21 bits per heavy atom. The van der Waals surface area contributed by atoms with Crippen molar-refractivity contribution in [1.29, 1.82) is 0 Å². The smallest absolute Gasteiger partial charge is 0.0453 e. The quantitative estimate of drug-likeness (QED) is 0.881. The van der Waals surface area contributed by atoms with Crippen LogP contribution in [-0.4, -0.2) is 30.6 Å². The molecule has 1 N–H and O–H groups in total. The van der Waals surface area contributed by atoms with Crippen LogP contribution in [0.3, 0.4) is 0 Å². The van der Waals surface area contributed by atoms with Gasteiger partial charge in [-0.25, -0.2) is 0 Å². The Morgan fingerprint density at radius 1 is 1.42 bits per heavy atom. The minimum Gasteiger partial charge on any atom is -0.315 e. The molecule has 106 valence electrons. The molecule has 0 aromatic heterocycles. The molecule has 1 aliphatic heterocycles. The van der Waals surface area contributed by atoms with Crippen LogP contribution in [0.5, 0.6) is 0 Å². The molecule has 0 bridgehead atoms. The minimum absolute atomic E-state index is 0.388. The lowest BCUT2D eigenvalue weighted by Gasteiger charge is -2.39. The summed E-state index contributed by atoms with van der Waals surface area (Å²) in [7, 11) is 0. The average molecular weight is 281 g/mol. The molecule has 0 spiro atoms. The van der Waals surface area contributed by atoms with Crippen LogP contribution in [-0.2, 0) is 0 Å². The fraction of sp³-hybridized carbons (Fsp3) is 0.625. The first kappa shape index (κ1) is 14.8. The summed E-state index contributed by atoms with van der Waals surface area (Å²) in [5, 5.41) is 4.41. The van der Waals surface area contributed by atoms with Crippen molar-refractivity contribution in [3.63, 3.8) is 0 Å². The number of nitrogens with one attached hydrogen (secondary N) is 1. The van der Waals surface area contributed by atoms with Crippen LogP contribution in [0.2, 0.25) is 5.02 Å². The van der Waals surface area contributed by atoms with Crippen molar-refractivity contribution < 1.29 is 0 Å². The number of benzene rings is 1. The highest BCUT2D eigenvalue weighted by molar-refractivity contribution is 6.31. The van der Waals surface area contributed by atoms with Gasteiger partial charge in [0.15, 0.2) is 0 Å². The molecule has 1 saturated heterocycles. The lowest BCUT2D eigenvalue weighted by Crippen LogP contribution is -2.47. The van der Waals surface area contributed by atoms with Gasteiger partial charge in [0.2, 0.25) is 0 Å². The molecule has 1 aromatic rings. The highest BCUT2D eigenvalue weighted by atomic mass is 35.5. The Balaban J connectivity index is 2.15. The minimum atomic E-state index is 0.388. The van der Waals surface area contributed by atoms with Gasteiger partial charge in [-0.15, -0.1) is 0 Å². The van der Waals surface area contributed by atoms with Crippen molar-refractivity contribution in [2.45, 2.75) is 45.2 Å². The Bertz CT molecular complexity index is 388. The molecular formula is C16H25ClN2. The van der Waals surface area contributed by atoms with Crippen molar-refractivity contribution in [1.82, 2.24) is 10.2 Å². The second-order valence-corrected chi connectivity index (χ2v) is 5.84. The fourth-order valence-electron chi connectivity index (χ4n) is 3.06. The molecule has 1 heterocycles. The summed E-state index contributed by atoms with van der Waals surface area (Å²) in [6, 6.07) is 9.27. The fourth-order valence-corrected chi connectivity index (χ4v) is 3.35. The third-order valence-corrected chi connectivity index (χ3v) is 4.42. The molecule has 2 rings (SSSR count). The largest absolute Gasteiger partial charge is 0.315 e. The van der Waals surface area contributed by atoms with Crippen molar-refractivity contribution in [3.8, 4) is 0 Å². The molecule has 2 unspecified atom stereocenters. The van der Waals surface area contributed by atoms with Crippen LogP contribution >= 0.6 is 11.6 Å². The third kappa shape index (κ3) is 3.71. The Hall–Kier alpha value is -0.570. The maximum Gasteiger partial charge on any atom is 0.0453 e. The maximum absolute atomic E-state index is 6.36. The predicted molar refractivity (Wildman–Crippen MR) is 82.8 cm³/mol. The van der Waals surface area contributed by atoms with E-state index in [1.165, 1.54) is 24.8 Å². The number of hydrogen-bond acceptors (Lipinski definition) is 2. The Morgan fingerprint density at radius 3 is 2.84 bits per heavy atom. The molecule has 1 aromatic carbocycles. The highest BCUT2D eigenvalue weighted by Crippen LogP contribution is 2.30. The van der Waals surface area contributed by atoms with E-state index in [0.717, 1.165) is 24.7 Å². The molecule has 3 heteroatoms. The van der Waals surface area contributed by atoms with Crippen LogP contribution in [0.1, 0.15) is 44.7 Å². The Labute approximate surface area is 122 Å². The van der Waals surface area contributed by atoms with Gasteiger partial charge in [0, 0.05) is 23.7 Å². The van der Waals surface area contributed by atoms with Gasteiger partial charge in [-0.05, 0) is 50.9 Å². The van der Waals surface area contributed by atoms with Crippen LogP contribution in [0, 0.1) is 0 Å². The zero-order valence-electron chi connectivity index (χ0n) is 12.0. The molecule has 19 heavy (non-hydrogen) atoms. The molecular weight excluding hydrogens is 256 g/mol. The predicted octanol–water partition coefficient (Wildman–Crippen LogP) is 3.87. The van der Waals surface area contributed by atoms with Crippen molar-refractivity contribution in [3.05, 3.63) is 34.9 Å². The van der Waals surface area contributed by atoms with Gasteiger partial charge in [-0.3, -0.25) is 4.90 Å². The second-order valence-electron chi connectivity index (χ2n) is 5.44. The van der Waals surface area contributed by atoms with Crippen molar-refractivity contribution in [2.24, 2.45) is 0 Å². The van der Waals surface area contributed by atoms with Gasteiger partial charge in [-0.2, -0.15) is 0 Å². The van der Waals surface area contributed by atoms with Gasteiger partial charge in [0.1, 0.15) is 0 Å². The van der Waals surface area contributed by atoms with Crippen molar-refractivity contribution in [2.75, 3.05) is 19.6 Å². The summed E-state index contributed by atoms with van der Waals surface area (Å²) in [5.74, 6) is 0. The van der Waals surface area contributed by atoms with E-state index in [2.05, 4.69) is 36.2 Å². The summed E-state index contributed by atoms with van der Waals surface area (Å²) < 4.78 is 0. The third-order valence-electron chi connectivity index (χ3n) is 4.07. The maximum atomic E-state index is 6.36. The van der Waals surface area contributed by atoms with E-state index in [9.17, 15) is 0 Å². The summed E-state index contributed by atoms with van der Waals surface area (Å²) >= 11 is 6.36. The van der Waals surface area contributed by atoms with Gasteiger partial charge in [0.25, 0.3) is 0 Å². The van der Waals surface area contributed by atoms with Gasteiger partial charge in [0.05, 0.1) is 0 Å². The first-order valence-corrected chi connectivity index (χ1v) is 7.82. The van der Waals surface area contributed by atoms with Gasteiger partial charge in [-0.1, -0.05) is 36.7 Å². The number of piperidine rings is 1. The summed E-state index contributed by atoms with van der Waals surface area (Å²) in [5.41, 5.74) is 1.25. The van der Waals surface area contributed by atoms with E-state index in [0.29, 0.717) is 12.1 Å². The SMILES string of the molecule is CCCN(C1CCCNC1)C(C)c1ccccc1Cl. The van der Waals surface area contributed by atoms with E-state index in [-0.39, 0.29) is 0 Å². The first-order chi connectivity index (χ1) is 9.24. The lowest BCUT2D eigenvalue weighted by molar-refractivity contribution is 0.120. The standard InChI is InChI=1S/C16H25ClN2/c1-3-11-19(14-7-6-10-18-12-14)13(2)15-8-4-5-9-16(15)17/h4-5,8-9,13-14,18H,3,6-7,10-12H2,1-2H3. The summed E-state index contributed by atoms with van der Waals surface area (Å²) in [6.45, 7) is 7.94. The Kier molecular flexibility index (Phi) is 5.68. The van der Waals surface area contributed by atoms with Crippen molar-refractivity contribution >= 4 is 11.6 Å². The molecule has 2 nitrogen and oxygen atoms in total. The molecule has 0 radical (unpaired) electrons. The zero-order chi connectivity index (χ0) is 13.7. The van der Waals surface area contributed by atoms with E-state index >= 15 is 0 Å². The number of hydrogen-bond donors (Lipinski definition) is 1. The van der Waals surface area contributed by atoms with Gasteiger partial charge < -0.3 is 5.32 Å². The number of nitrogens with zero attached hydrogens (tertiary/aromatic N) is 1. The van der Waals surface area contributed by atoms with E-state index in [1.807, 2.05) is 12.1 Å². The molecule has 0 aliphatic carbocycles. The zero-order valence-corrected chi connectivity index (χ0v) is 12.8. The number of rotatable bonds is 5.